The summed E-state index contributed by atoms with van der Waals surface area (Å²) in [5.74, 6) is -0.934. The molecule has 0 spiro atoms. The van der Waals surface area contributed by atoms with Crippen molar-refractivity contribution in [3.63, 3.8) is 0 Å². The molecule has 2 rings (SSSR count). The Morgan fingerprint density at radius 1 is 1.00 bits per heavy atom. The lowest BCUT2D eigenvalue weighted by Crippen LogP contribution is -2.47. The summed E-state index contributed by atoms with van der Waals surface area (Å²) in [6, 6.07) is 4.22. The Morgan fingerprint density at radius 2 is 1.54 bits per heavy atom. The first-order valence-corrected chi connectivity index (χ1v) is 7.90. The van der Waals surface area contributed by atoms with Crippen LogP contribution < -0.4 is 10.6 Å². The van der Waals surface area contributed by atoms with Gasteiger partial charge in [0, 0.05) is 11.7 Å². The molecule has 1 aliphatic carbocycles. The van der Waals surface area contributed by atoms with Crippen LogP contribution in [0.1, 0.15) is 45.1 Å². The fourth-order valence-corrected chi connectivity index (χ4v) is 2.57. The van der Waals surface area contributed by atoms with Crippen molar-refractivity contribution in [2.45, 2.75) is 51.7 Å². The van der Waals surface area contributed by atoms with E-state index in [-0.39, 0.29) is 17.6 Å². The van der Waals surface area contributed by atoms with Gasteiger partial charge in [-0.05, 0) is 51.0 Å². The summed E-state index contributed by atoms with van der Waals surface area (Å²) in [5.41, 5.74) is -1.89. The second-order valence-corrected chi connectivity index (χ2v) is 6.61. The molecule has 1 saturated carbocycles. The largest absolute Gasteiger partial charge is 0.416 e. The molecular weight excluding hydrogens is 321 g/mol. The lowest BCUT2D eigenvalue weighted by molar-refractivity contribution is -0.139. The van der Waals surface area contributed by atoms with Crippen molar-refractivity contribution in [2.75, 3.05) is 5.32 Å². The highest BCUT2D eigenvalue weighted by Crippen LogP contribution is 2.30. The fraction of sp³-hybridized carbons (Fsp3) is 0.529. The molecule has 0 unspecified atom stereocenters. The van der Waals surface area contributed by atoms with E-state index in [1.807, 2.05) is 0 Å². The predicted molar refractivity (Wildman–Crippen MR) is 84.3 cm³/mol. The van der Waals surface area contributed by atoms with Crippen LogP contribution in [0.15, 0.2) is 24.3 Å². The number of halogens is 3. The maximum absolute atomic E-state index is 12.5. The number of nitrogens with one attached hydrogen (secondary N) is 2. The molecule has 1 aromatic carbocycles. The minimum atomic E-state index is -4.43. The van der Waals surface area contributed by atoms with Crippen LogP contribution in [0.3, 0.4) is 0 Å². The quantitative estimate of drug-likeness (QED) is 0.819. The van der Waals surface area contributed by atoms with Gasteiger partial charge in [0.25, 0.3) is 0 Å². The van der Waals surface area contributed by atoms with Crippen LogP contribution in [0.25, 0.3) is 0 Å². The number of amides is 2. The van der Waals surface area contributed by atoms with Gasteiger partial charge >= 0.3 is 6.18 Å². The molecule has 132 valence electrons. The molecule has 2 amide bonds. The predicted octanol–water partition coefficient (Wildman–Crippen LogP) is 3.73. The third-order valence-corrected chi connectivity index (χ3v) is 4.30. The number of anilines is 1. The van der Waals surface area contributed by atoms with E-state index in [1.54, 1.807) is 0 Å². The highest BCUT2D eigenvalue weighted by molar-refractivity contribution is 6.09. The van der Waals surface area contributed by atoms with E-state index in [0.717, 1.165) is 37.8 Å². The molecule has 1 aromatic rings. The Hall–Kier alpha value is -2.05. The third kappa shape index (κ3) is 4.27. The molecule has 24 heavy (non-hydrogen) atoms. The third-order valence-electron chi connectivity index (χ3n) is 4.30. The molecule has 0 atom stereocenters. The zero-order valence-corrected chi connectivity index (χ0v) is 13.7. The molecule has 0 heterocycles. The van der Waals surface area contributed by atoms with E-state index >= 15 is 0 Å². The summed E-state index contributed by atoms with van der Waals surface area (Å²) in [6.07, 6.45) is -0.500. The van der Waals surface area contributed by atoms with Gasteiger partial charge in [0.05, 0.1) is 5.56 Å². The monoisotopic (exact) mass is 342 g/mol. The Morgan fingerprint density at radius 3 is 2.04 bits per heavy atom. The van der Waals surface area contributed by atoms with Crippen molar-refractivity contribution >= 4 is 17.5 Å². The van der Waals surface area contributed by atoms with E-state index < -0.39 is 23.1 Å². The van der Waals surface area contributed by atoms with Gasteiger partial charge in [-0.1, -0.05) is 12.8 Å². The lowest BCUT2D eigenvalue weighted by Gasteiger charge is -2.25. The van der Waals surface area contributed by atoms with Gasteiger partial charge in [-0.3, -0.25) is 9.59 Å². The average Bonchev–Trinajstić information content (AvgIpc) is 2.99. The number of carbonyl (C=O) groups excluding carboxylic acids is 2. The number of carbonyl (C=O) groups is 2. The summed E-state index contributed by atoms with van der Waals surface area (Å²) in [7, 11) is 0. The number of hydrogen-bond donors (Lipinski definition) is 2. The van der Waals surface area contributed by atoms with Crippen LogP contribution >= 0.6 is 0 Å². The summed E-state index contributed by atoms with van der Waals surface area (Å²) in [4.78, 5) is 24.7. The minimum absolute atomic E-state index is 0.0932. The molecule has 0 aromatic heterocycles. The molecular formula is C17H21F3N2O2. The molecule has 2 N–H and O–H groups in total. The van der Waals surface area contributed by atoms with E-state index in [9.17, 15) is 22.8 Å². The minimum Gasteiger partial charge on any atom is -0.352 e. The van der Waals surface area contributed by atoms with Crippen LogP contribution in [-0.2, 0) is 15.8 Å². The number of benzene rings is 1. The smallest absolute Gasteiger partial charge is 0.352 e. The van der Waals surface area contributed by atoms with Crippen LogP contribution in [0, 0.1) is 5.41 Å². The topological polar surface area (TPSA) is 58.2 Å². The molecule has 7 heteroatoms. The van der Waals surface area contributed by atoms with Gasteiger partial charge in [-0.15, -0.1) is 0 Å². The van der Waals surface area contributed by atoms with Crippen LogP contribution in [0.4, 0.5) is 18.9 Å². The van der Waals surface area contributed by atoms with E-state index in [2.05, 4.69) is 10.6 Å². The maximum atomic E-state index is 12.5. The second-order valence-electron chi connectivity index (χ2n) is 6.61. The second kappa shape index (κ2) is 6.83. The molecule has 0 radical (unpaired) electrons. The highest BCUT2D eigenvalue weighted by Gasteiger charge is 2.37. The normalized spacial score (nSPS) is 16.0. The zero-order chi connectivity index (χ0) is 18.0. The Labute approximate surface area is 138 Å². The first-order chi connectivity index (χ1) is 11.1. The Balaban J connectivity index is 2.00. The van der Waals surface area contributed by atoms with Gasteiger partial charge in [0.15, 0.2) is 0 Å². The van der Waals surface area contributed by atoms with Crippen LogP contribution in [-0.4, -0.2) is 17.9 Å². The SMILES string of the molecule is CC(C)(C(=O)Nc1ccc(C(F)(F)F)cc1)C(=O)NC1CCCC1. The summed E-state index contributed by atoms with van der Waals surface area (Å²) in [5, 5.41) is 5.37. The van der Waals surface area contributed by atoms with E-state index in [0.29, 0.717) is 0 Å². The van der Waals surface area contributed by atoms with Gasteiger partial charge in [-0.2, -0.15) is 13.2 Å². The summed E-state index contributed by atoms with van der Waals surface area (Å²) < 4.78 is 37.6. The average molecular weight is 342 g/mol. The Kier molecular flexibility index (Phi) is 5.20. The first kappa shape index (κ1) is 18.3. The van der Waals surface area contributed by atoms with Crippen molar-refractivity contribution in [1.82, 2.24) is 5.32 Å². The van der Waals surface area contributed by atoms with Crippen LogP contribution in [0.5, 0.6) is 0 Å². The molecule has 0 aliphatic heterocycles. The Bertz CT molecular complexity index is 603. The van der Waals surface area contributed by atoms with Crippen molar-refractivity contribution in [3.8, 4) is 0 Å². The number of hydrogen-bond acceptors (Lipinski definition) is 2. The maximum Gasteiger partial charge on any atom is 0.416 e. The molecule has 1 aliphatic rings. The highest BCUT2D eigenvalue weighted by atomic mass is 19.4. The van der Waals surface area contributed by atoms with Crippen molar-refractivity contribution in [1.29, 1.82) is 0 Å². The van der Waals surface area contributed by atoms with Crippen molar-refractivity contribution in [3.05, 3.63) is 29.8 Å². The fourth-order valence-electron chi connectivity index (χ4n) is 2.57. The summed E-state index contributed by atoms with van der Waals surface area (Å²) >= 11 is 0. The molecule has 0 saturated heterocycles. The number of rotatable bonds is 4. The van der Waals surface area contributed by atoms with Gasteiger partial charge in [0.1, 0.15) is 5.41 Å². The molecule has 4 nitrogen and oxygen atoms in total. The van der Waals surface area contributed by atoms with Crippen molar-refractivity contribution in [2.24, 2.45) is 5.41 Å². The summed E-state index contributed by atoms with van der Waals surface area (Å²) in [6.45, 7) is 2.99. The standard InChI is InChI=1S/C17H21F3N2O2/c1-16(2,14(23)21-12-5-3-4-6-12)15(24)22-13-9-7-11(8-10-13)17(18,19)20/h7-10,12H,3-6H2,1-2H3,(H,21,23)(H,22,24). The van der Waals surface area contributed by atoms with Crippen LogP contribution in [0.2, 0.25) is 0 Å². The zero-order valence-electron chi connectivity index (χ0n) is 13.7. The lowest BCUT2D eigenvalue weighted by atomic mass is 9.90. The van der Waals surface area contributed by atoms with E-state index in [4.69, 9.17) is 0 Å². The van der Waals surface area contributed by atoms with Crippen molar-refractivity contribution < 1.29 is 22.8 Å². The molecule has 0 bridgehead atoms. The van der Waals surface area contributed by atoms with Gasteiger partial charge in [0.2, 0.25) is 11.8 Å². The molecule has 1 fully saturated rings. The van der Waals surface area contributed by atoms with E-state index in [1.165, 1.54) is 26.0 Å². The van der Waals surface area contributed by atoms with Gasteiger partial charge < -0.3 is 10.6 Å². The first-order valence-electron chi connectivity index (χ1n) is 7.90. The van der Waals surface area contributed by atoms with Gasteiger partial charge in [-0.25, -0.2) is 0 Å². The number of alkyl halides is 3.